The van der Waals surface area contributed by atoms with E-state index >= 15 is 0 Å². The molecular weight excluding hydrogens is 164 g/mol. The van der Waals surface area contributed by atoms with Crippen molar-refractivity contribution in [2.45, 2.75) is 38.5 Å². The summed E-state index contributed by atoms with van der Waals surface area (Å²) in [6.45, 7) is 5.94. The normalized spacial score (nSPS) is 11.3. The number of carbonyl (C=O) groups excluding carboxylic acids is 1. The Morgan fingerprint density at radius 2 is 1.82 bits per heavy atom. The zero-order chi connectivity index (χ0) is 8.91. The average Bonchev–Trinajstić information content (AvgIpc) is 2.03. The first-order valence-corrected chi connectivity index (χ1v) is 4.34. The van der Waals surface area contributed by atoms with Gasteiger partial charge < -0.3 is 4.74 Å². The molecule has 0 amide bonds. The number of halogens is 1. The van der Waals surface area contributed by atoms with Gasteiger partial charge in [0.25, 0.3) is 0 Å². The van der Waals surface area contributed by atoms with Crippen LogP contribution in [0.5, 0.6) is 0 Å². The van der Waals surface area contributed by atoms with Gasteiger partial charge in [-0.25, -0.2) is 0 Å². The Labute approximate surface area is 72.9 Å². The second kappa shape index (κ2) is 4.60. The Balaban J connectivity index is 4.12. The molecule has 66 valence electrons. The molecule has 0 saturated carbocycles. The highest BCUT2D eigenvalue weighted by atomic mass is 35.5. The number of hydrogen-bond donors (Lipinski definition) is 0. The zero-order valence-corrected chi connectivity index (χ0v) is 8.07. The van der Waals surface area contributed by atoms with Crippen LogP contribution in [-0.2, 0) is 9.53 Å². The van der Waals surface area contributed by atoms with Gasteiger partial charge in [0.15, 0.2) is 0 Å². The second-order valence-electron chi connectivity index (χ2n) is 2.39. The Hall–Kier alpha value is -0.240. The third-order valence-corrected chi connectivity index (χ3v) is 2.45. The molecule has 0 unspecified atom stereocenters. The molecule has 0 radical (unpaired) electrons. The van der Waals surface area contributed by atoms with Crippen LogP contribution in [-0.4, -0.2) is 17.5 Å². The van der Waals surface area contributed by atoms with Crippen molar-refractivity contribution in [3.8, 4) is 0 Å². The maximum absolute atomic E-state index is 11.2. The minimum Gasteiger partial charge on any atom is -0.465 e. The molecular formula is C8H15ClO2. The molecule has 0 aromatic rings. The fourth-order valence-corrected chi connectivity index (χ4v) is 0.854. The topological polar surface area (TPSA) is 26.3 Å². The molecule has 0 aromatic carbocycles. The van der Waals surface area contributed by atoms with Crippen molar-refractivity contribution >= 4 is 17.6 Å². The lowest BCUT2D eigenvalue weighted by Crippen LogP contribution is -2.32. The van der Waals surface area contributed by atoms with Crippen molar-refractivity contribution < 1.29 is 9.53 Å². The summed E-state index contributed by atoms with van der Waals surface area (Å²) in [5.74, 6) is -0.299. The summed E-state index contributed by atoms with van der Waals surface area (Å²) in [4.78, 5) is 10.4. The summed E-state index contributed by atoms with van der Waals surface area (Å²) < 4.78 is 4.82. The van der Waals surface area contributed by atoms with E-state index in [1.807, 2.05) is 13.8 Å². The van der Waals surface area contributed by atoms with Gasteiger partial charge in [0.05, 0.1) is 6.61 Å². The van der Waals surface area contributed by atoms with Crippen LogP contribution in [0, 0.1) is 0 Å². The van der Waals surface area contributed by atoms with Crippen molar-refractivity contribution in [1.29, 1.82) is 0 Å². The van der Waals surface area contributed by atoms with Crippen LogP contribution in [0.1, 0.15) is 33.6 Å². The van der Waals surface area contributed by atoms with Gasteiger partial charge in [0.1, 0.15) is 4.87 Å². The average molecular weight is 179 g/mol. The summed E-state index contributed by atoms with van der Waals surface area (Å²) in [6.07, 6.45) is 1.23. The molecule has 0 aliphatic rings. The number of carbonyl (C=O) groups is 1. The van der Waals surface area contributed by atoms with E-state index in [1.54, 1.807) is 6.92 Å². The van der Waals surface area contributed by atoms with E-state index in [2.05, 4.69) is 0 Å². The van der Waals surface area contributed by atoms with Gasteiger partial charge in [-0.1, -0.05) is 13.8 Å². The molecule has 0 rings (SSSR count). The van der Waals surface area contributed by atoms with E-state index in [9.17, 15) is 4.79 Å². The quantitative estimate of drug-likeness (QED) is 0.488. The lowest BCUT2D eigenvalue weighted by atomic mass is 10.0. The first kappa shape index (κ1) is 10.8. The highest BCUT2D eigenvalue weighted by Crippen LogP contribution is 2.25. The SMILES string of the molecule is CCOC(=O)C(Cl)(CC)CC. The van der Waals surface area contributed by atoms with Crippen molar-refractivity contribution in [2.24, 2.45) is 0 Å². The van der Waals surface area contributed by atoms with Crippen LogP contribution >= 0.6 is 11.6 Å². The largest absolute Gasteiger partial charge is 0.465 e. The first-order chi connectivity index (χ1) is 5.10. The van der Waals surface area contributed by atoms with Gasteiger partial charge in [-0.05, 0) is 19.8 Å². The fraction of sp³-hybridized carbons (Fsp3) is 0.875. The summed E-state index contributed by atoms with van der Waals surface area (Å²) in [5.41, 5.74) is 0. The Morgan fingerprint density at radius 3 is 2.09 bits per heavy atom. The van der Waals surface area contributed by atoms with E-state index in [1.165, 1.54) is 0 Å². The lowest BCUT2D eigenvalue weighted by molar-refractivity contribution is -0.146. The first-order valence-electron chi connectivity index (χ1n) is 3.96. The molecule has 0 spiro atoms. The van der Waals surface area contributed by atoms with E-state index < -0.39 is 4.87 Å². The molecule has 0 saturated heterocycles. The summed E-state index contributed by atoms with van der Waals surface area (Å²) >= 11 is 5.96. The van der Waals surface area contributed by atoms with E-state index in [4.69, 9.17) is 16.3 Å². The fourth-order valence-electron chi connectivity index (χ4n) is 0.799. The monoisotopic (exact) mass is 178 g/mol. The maximum Gasteiger partial charge on any atom is 0.327 e. The van der Waals surface area contributed by atoms with Gasteiger partial charge in [-0.15, -0.1) is 11.6 Å². The van der Waals surface area contributed by atoms with Crippen LogP contribution in [0.2, 0.25) is 0 Å². The third kappa shape index (κ3) is 2.70. The third-order valence-electron chi connectivity index (χ3n) is 1.76. The van der Waals surface area contributed by atoms with Gasteiger partial charge in [-0.2, -0.15) is 0 Å². The molecule has 11 heavy (non-hydrogen) atoms. The molecule has 0 aliphatic heterocycles. The standard InChI is InChI=1S/C8H15ClO2/c1-4-8(9,5-2)7(10)11-6-3/h4-6H2,1-3H3. The zero-order valence-electron chi connectivity index (χ0n) is 7.32. The Bertz CT molecular complexity index is 130. The molecule has 0 bridgehead atoms. The van der Waals surface area contributed by atoms with Gasteiger partial charge >= 0.3 is 5.97 Å². The molecule has 0 aromatic heterocycles. The van der Waals surface area contributed by atoms with Crippen LogP contribution in [0.3, 0.4) is 0 Å². The molecule has 0 N–H and O–H groups in total. The van der Waals surface area contributed by atoms with Crippen LogP contribution in [0.25, 0.3) is 0 Å². The second-order valence-corrected chi connectivity index (χ2v) is 3.12. The minimum atomic E-state index is -0.796. The van der Waals surface area contributed by atoms with E-state index in [-0.39, 0.29) is 5.97 Å². The van der Waals surface area contributed by atoms with Crippen LogP contribution < -0.4 is 0 Å². The van der Waals surface area contributed by atoms with Crippen LogP contribution in [0.15, 0.2) is 0 Å². The molecule has 0 fully saturated rings. The van der Waals surface area contributed by atoms with Crippen LogP contribution in [0.4, 0.5) is 0 Å². The number of rotatable bonds is 4. The van der Waals surface area contributed by atoms with Crippen molar-refractivity contribution in [2.75, 3.05) is 6.61 Å². The predicted octanol–water partition coefficient (Wildman–Crippen LogP) is 2.35. The minimum absolute atomic E-state index is 0.299. The highest BCUT2D eigenvalue weighted by molar-refractivity contribution is 6.33. The highest BCUT2D eigenvalue weighted by Gasteiger charge is 2.33. The molecule has 0 atom stereocenters. The summed E-state index contributed by atoms with van der Waals surface area (Å²) in [5, 5.41) is 0. The summed E-state index contributed by atoms with van der Waals surface area (Å²) in [6, 6.07) is 0. The van der Waals surface area contributed by atoms with Gasteiger partial charge in [-0.3, -0.25) is 4.79 Å². The number of hydrogen-bond acceptors (Lipinski definition) is 2. The molecule has 2 nitrogen and oxygen atoms in total. The smallest absolute Gasteiger partial charge is 0.327 e. The van der Waals surface area contributed by atoms with Gasteiger partial charge in [0, 0.05) is 0 Å². The van der Waals surface area contributed by atoms with E-state index in [0.29, 0.717) is 19.4 Å². The molecule has 3 heteroatoms. The molecule has 0 aliphatic carbocycles. The maximum atomic E-state index is 11.2. The number of ether oxygens (including phenoxy) is 1. The van der Waals surface area contributed by atoms with Gasteiger partial charge in [0.2, 0.25) is 0 Å². The number of alkyl halides is 1. The molecule has 0 heterocycles. The number of esters is 1. The Morgan fingerprint density at radius 1 is 1.36 bits per heavy atom. The Kier molecular flexibility index (Phi) is 4.50. The van der Waals surface area contributed by atoms with Crippen molar-refractivity contribution in [3.05, 3.63) is 0 Å². The van der Waals surface area contributed by atoms with E-state index in [0.717, 1.165) is 0 Å². The van der Waals surface area contributed by atoms with Crippen molar-refractivity contribution in [1.82, 2.24) is 0 Å². The van der Waals surface area contributed by atoms with Crippen molar-refractivity contribution in [3.63, 3.8) is 0 Å². The summed E-state index contributed by atoms with van der Waals surface area (Å²) in [7, 11) is 0. The predicted molar refractivity (Wildman–Crippen MR) is 45.8 cm³/mol. The lowest BCUT2D eigenvalue weighted by Gasteiger charge is -2.20.